The highest BCUT2D eigenvalue weighted by molar-refractivity contribution is 7.84. The van der Waals surface area contributed by atoms with Crippen molar-refractivity contribution >= 4 is 10.3 Å². The van der Waals surface area contributed by atoms with Crippen molar-refractivity contribution in [3.8, 4) is 0 Å². The number of hydrogen-bond donors (Lipinski definition) is 1. The molecule has 18 heteroatoms. The maximum absolute atomic E-state index is 13.1. The molecule has 0 aliphatic rings. The Kier molecular flexibility index (Phi) is 6.27. The van der Waals surface area contributed by atoms with Gasteiger partial charge in [-0.05, 0) is 6.92 Å². The van der Waals surface area contributed by atoms with Gasteiger partial charge in [0, 0.05) is 0 Å². The van der Waals surface area contributed by atoms with Crippen LogP contribution >= 0.6 is 0 Å². The Morgan fingerprint density at radius 1 is 0.692 bits per heavy atom. The number of rotatable bonds is 8. The zero-order valence-electron chi connectivity index (χ0n) is 11.8. The molecule has 0 unspecified atom stereocenters. The van der Waals surface area contributed by atoms with E-state index >= 15 is 0 Å². The summed E-state index contributed by atoms with van der Waals surface area (Å²) >= 11 is 0. The van der Waals surface area contributed by atoms with Crippen LogP contribution in [-0.4, -0.2) is 50.9 Å². The summed E-state index contributed by atoms with van der Waals surface area (Å²) in [6.07, 6.45) is -7.55. The lowest BCUT2D eigenvalue weighted by Crippen LogP contribution is -2.72. The van der Waals surface area contributed by atoms with Gasteiger partial charge in [-0.15, -0.1) is 4.72 Å². The second-order valence-electron chi connectivity index (χ2n) is 4.33. The highest BCUT2D eigenvalue weighted by Gasteiger charge is 2.91. The summed E-state index contributed by atoms with van der Waals surface area (Å²) in [4.78, 5) is 0. The second kappa shape index (κ2) is 6.54. The highest BCUT2D eigenvalue weighted by atomic mass is 32.2. The van der Waals surface area contributed by atoms with E-state index < -0.39 is 57.5 Å². The molecule has 0 amide bonds. The van der Waals surface area contributed by atoms with Crippen molar-refractivity contribution in [3.05, 3.63) is 0 Å². The van der Waals surface area contributed by atoms with Crippen LogP contribution in [-0.2, 0) is 14.5 Å². The van der Waals surface area contributed by atoms with Crippen molar-refractivity contribution in [1.82, 2.24) is 4.72 Å². The van der Waals surface area contributed by atoms with Crippen LogP contribution < -0.4 is 4.72 Å². The zero-order valence-corrected chi connectivity index (χ0v) is 12.6. The molecular weight excluding hydrogens is 437 g/mol. The van der Waals surface area contributed by atoms with Gasteiger partial charge in [0.25, 0.3) is 0 Å². The van der Waals surface area contributed by atoms with Crippen LogP contribution in [0.5, 0.6) is 0 Å². The molecule has 0 aliphatic heterocycles. The van der Waals surface area contributed by atoms with Gasteiger partial charge < -0.3 is 0 Å². The normalized spacial score (nSPS) is 16.1. The van der Waals surface area contributed by atoms with E-state index in [-0.39, 0.29) is 0 Å². The lowest BCUT2D eigenvalue weighted by Gasteiger charge is -2.39. The largest absolute Gasteiger partial charge is 0.460 e. The summed E-state index contributed by atoms with van der Waals surface area (Å²) in [5.74, 6) is -31.8. The van der Waals surface area contributed by atoms with Crippen LogP contribution in [0, 0.1) is 0 Å². The molecule has 26 heavy (non-hydrogen) atoms. The minimum Gasteiger partial charge on any atom is -0.258 e. The van der Waals surface area contributed by atoms with Crippen molar-refractivity contribution in [3.63, 3.8) is 0 Å². The van der Waals surface area contributed by atoms with Crippen LogP contribution in [0.1, 0.15) is 6.92 Å². The quantitative estimate of drug-likeness (QED) is 0.461. The summed E-state index contributed by atoms with van der Waals surface area (Å²) in [6.45, 7) is -0.308. The fraction of sp³-hybridized carbons (Fsp3) is 1.00. The van der Waals surface area contributed by atoms with Crippen molar-refractivity contribution in [2.45, 2.75) is 42.8 Å². The van der Waals surface area contributed by atoms with Gasteiger partial charge >= 0.3 is 46.2 Å². The third-order valence-corrected chi connectivity index (χ3v) is 3.51. The second-order valence-corrected chi connectivity index (χ2v) is 5.68. The summed E-state index contributed by atoms with van der Waals surface area (Å²) in [5.41, 5.74) is 0. The molecule has 0 saturated heterocycles. The average Bonchev–Trinajstić information content (AvgIpc) is 2.34. The van der Waals surface area contributed by atoms with Crippen molar-refractivity contribution in [1.29, 1.82) is 0 Å². The monoisotopic (exact) mass is 443 g/mol. The predicted octanol–water partition coefficient (Wildman–Crippen LogP) is 3.55. The van der Waals surface area contributed by atoms with Crippen molar-refractivity contribution in [2.75, 3.05) is 6.61 Å². The van der Waals surface area contributed by atoms with Crippen LogP contribution in [0.25, 0.3) is 0 Å². The Labute approximate surface area is 135 Å². The number of alkyl halides is 13. The maximum atomic E-state index is 13.1. The molecule has 0 rings (SSSR count). The molecule has 0 spiro atoms. The lowest BCUT2D eigenvalue weighted by atomic mass is 9.97. The van der Waals surface area contributed by atoms with Gasteiger partial charge in [-0.1, -0.05) is 0 Å². The van der Waals surface area contributed by atoms with E-state index in [2.05, 4.69) is 4.18 Å². The van der Waals surface area contributed by atoms with Crippen LogP contribution in [0.2, 0.25) is 0 Å². The zero-order chi connectivity index (χ0) is 21.6. The molecule has 0 bridgehead atoms. The van der Waals surface area contributed by atoms with Gasteiger partial charge in [0.2, 0.25) is 0 Å². The topological polar surface area (TPSA) is 55.4 Å². The molecule has 1 N–H and O–H groups in total. The number of nitrogens with one attached hydrogen (secondary N) is 1. The molecule has 0 saturated carbocycles. The summed E-state index contributed by atoms with van der Waals surface area (Å²) < 4.78 is 189. The van der Waals surface area contributed by atoms with Gasteiger partial charge in [-0.2, -0.15) is 65.5 Å². The van der Waals surface area contributed by atoms with Gasteiger partial charge in [0.1, 0.15) is 0 Å². The third-order valence-electron chi connectivity index (χ3n) is 2.46. The molecule has 0 heterocycles. The molecular formula is C8H6F13NO3S. The first-order valence-electron chi connectivity index (χ1n) is 5.66. The van der Waals surface area contributed by atoms with Gasteiger partial charge in [-0.3, -0.25) is 4.18 Å². The van der Waals surface area contributed by atoms with Gasteiger partial charge in [0.15, 0.2) is 0 Å². The fourth-order valence-corrected chi connectivity index (χ4v) is 1.99. The van der Waals surface area contributed by atoms with Crippen LogP contribution in [0.3, 0.4) is 0 Å². The van der Waals surface area contributed by atoms with E-state index in [1.54, 1.807) is 0 Å². The smallest absolute Gasteiger partial charge is 0.258 e. The number of hydrogen-bond acceptors (Lipinski definition) is 3. The van der Waals surface area contributed by atoms with Gasteiger partial charge in [0.05, 0.1) is 6.61 Å². The molecule has 4 nitrogen and oxygen atoms in total. The summed E-state index contributed by atoms with van der Waals surface area (Å²) in [6, 6.07) is -6.96. The Balaban J connectivity index is 6.25. The predicted molar refractivity (Wildman–Crippen MR) is 54.5 cm³/mol. The molecule has 0 fully saturated rings. The Bertz CT molecular complexity index is 611. The molecule has 0 radical (unpaired) electrons. The van der Waals surface area contributed by atoms with Crippen LogP contribution in [0.4, 0.5) is 57.1 Å². The minimum atomic E-state index is -8.11. The first-order valence-corrected chi connectivity index (χ1v) is 7.06. The molecule has 0 aliphatic carbocycles. The first kappa shape index (κ1) is 25.0. The van der Waals surface area contributed by atoms with Crippen molar-refractivity contribution in [2.24, 2.45) is 0 Å². The summed E-state index contributed by atoms with van der Waals surface area (Å²) in [5, 5.41) is 0. The van der Waals surface area contributed by atoms with E-state index in [0.29, 0.717) is 0 Å². The Morgan fingerprint density at radius 2 is 1.04 bits per heavy atom. The molecule has 0 aromatic heterocycles. The minimum absolute atomic E-state index is 0.631. The lowest BCUT2D eigenvalue weighted by molar-refractivity contribution is -0.440. The van der Waals surface area contributed by atoms with E-state index in [1.165, 1.54) is 0 Å². The SMILES string of the molecule is CCOS(=O)(=O)NC(F)(F)C(F)(F)C(F)(F)C(F)(F)C(F)(F)C(F)(F)F. The maximum Gasteiger partial charge on any atom is 0.460 e. The molecule has 0 aromatic rings. The fourth-order valence-electron chi connectivity index (χ4n) is 1.18. The Hall–Kier alpha value is -1.04. The van der Waals surface area contributed by atoms with Crippen molar-refractivity contribution < 1.29 is 69.7 Å². The average molecular weight is 443 g/mol. The van der Waals surface area contributed by atoms with E-state index in [0.717, 1.165) is 6.92 Å². The third kappa shape index (κ3) is 3.80. The van der Waals surface area contributed by atoms with Crippen LogP contribution in [0.15, 0.2) is 0 Å². The van der Waals surface area contributed by atoms with E-state index in [1.807, 2.05) is 0 Å². The summed E-state index contributed by atoms with van der Waals surface area (Å²) in [7, 11) is -6.01. The van der Waals surface area contributed by atoms with E-state index in [4.69, 9.17) is 0 Å². The van der Waals surface area contributed by atoms with Gasteiger partial charge in [-0.25, -0.2) is 0 Å². The molecule has 0 aromatic carbocycles. The molecule has 158 valence electrons. The van der Waals surface area contributed by atoms with E-state index in [9.17, 15) is 65.5 Å². The highest BCUT2D eigenvalue weighted by Crippen LogP contribution is 2.59. The standard InChI is InChI=1S/C8H6F13NO3S/c1-2-25-26(23,24)22-8(20,21)6(15,16)4(11,12)3(9,10)5(13,14)7(17,18)19/h22H,2H2,1H3. The Morgan fingerprint density at radius 3 is 1.35 bits per heavy atom. The first-order chi connectivity index (χ1) is 11.0. The molecule has 0 atom stereocenters. The number of halogens is 13.